The van der Waals surface area contributed by atoms with Gasteiger partial charge in [-0.05, 0) is 66.0 Å². The Labute approximate surface area is 238 Å². The molecular formula is C32H45N3O5. The van der Waals surface area contributed by atoms with Crippen molar-refractivity contribution in [3.8, 4) is 5.75 Å². The lowest BCUT2D eigenvalue weighted by molar-refractivity contribution is -0.148. The van der Waals surface area contributed by atoms with Gasteiger partial charge in [-0.2, -0.15) is 0 Å². The Morgan fingerprint density at radius 2 is 1.52 bits per heavy atom. The fraction of sp³-hybridized carbons (Fsp3) is 0.531. The minimum absolute atomic E-state index is 0.00605. The molecular weight excluding hydrogens is 506 g/mol. The molecule has 0 heterocycles. The molecule has 40 heavy (non-hydrogen) atoms. The maximum Gasteiger partial charge on any atom is 0.408 e. The molecule has 2 aromatic carbocycles. The summed E-state index contributed by atoms with van der Waals surface area (Å²) in [5.41, 5.74) is -0.434. The smallest absolute Gasteiger partial charge is 0.408 e. The Kier molecular flexibility index (Phi) is 10.2. The zero-order chi connectivity index (χ0) is 29.5. The second kappa shape index (κ2) is 13.2. The predicted octanol–water partition coefficient (Wildman–Crippen LogP) is 5.65. The first kappa shape index (κ1) is 31.0. The molecule has 1 aliphatic carbocycles. The maximum atomic E-state index is 14.5. The van der Waals surface area contributed by atoms with Crippen LogP contribution in [0, 0.1) is 0 Å². The first-order valence-corrected chi connectivity index (χ1v) is 14.2. The van der Waals surface area contributed by atoms with E-state index in [-0.39, 0.29) is 24.1 Å². The predicted molar refractivity (Wildman–Crippen MR) is 156 cm³/mol. The van der Waals surface area contributed by atoms with Crippen molar-refractivity contribution < 1.29 is 24.2 Å². The number of aromatic hydroxyl groups is 1. The van der Waals surface area contributed by atoms with E-state index in [9.17, 15) is 19.5 Å². The largest absolute Gasteiger partial charge is 0.508 e. The van der Waals surface area contributed by atoms with Gasteiger partial charge < -0.3 is 25.4 Å². The molecule has 2 aromatic rings. The molecule has 0 radical (unpaired) electrons. The summed E-state index contributed by atoms with van der Waals surface area (Å²) >= 11 is 0. The SMILES string of the molecule is CC(C)(C)OC(=O)NC(Cc1ccccc1)C(=O)N(C(C(=O)NC1CCCCC1)c1ccccc1O)C(C)(C)C. The second-order valence-electron chi connectivity index (χ2n) is 12.6. The van der Waals surface area contributed by atoms with Gasteiger partial charge in [-0.25, -0.2) is 4.79 Å². The van der Waals surface area contributed by atoms with Gasteiger partial charge in [0.1, 0.15) is 23.4 Å². The van der Waals surface area contributed by atoms with Crippen molar-refractivity contribution in [3.63, 3.8) is 0 Å². The summed E-state index contributed by atoms with van der Waals surface area (Å²) in [5, 5.41) is 16.8. The molecule has 218 valence electrons. The van der Waals surface area contributed by atoms with E-state index in [0.717, 1.165) is 37.7 Å². The van der Waals surface area contributed by atoms with Crippen molar-refractivity contribution in [1.29, 1.82) is 0 Å². The molecule has 3 rings (SSSR count). The quantitative estimate of drug-likeness (QED) is 0.393. The number of phenolic OH excluding ortho intramolecular Hbond substituents is 1. The highest BCUT2D eigenvalue weighted by molar-refractivity contribution is 5.93. The number of alkyl carbamates (subject to hydrolysis) is 1. The van der Waals surface area contributed by atoms with E-state index in [1.54, 1.807) is 39.0 Å². The number of para-hydroxylation sites is 1. The highest BCUT2D eigenvalue weighted by Gasteiger charge is 2.43. The Hall–Kier alpha value is -3.55. The van der Waals surface area contributed by atoms with Crippen LogP contribution in [-0.4, -0.2) is 51.1 Å². The molecule has 0 saturated heterocycles. The van der Waals surface area contributed by atoms with E-state index >= 15 is 0 Å². The fourth-order valence-electron chi connectivity index (χ4n) is 5.16. The maximum absolute atomic E-state index is 14.5. The average molecular weight is 552 g/mol. The Morgan fingerprint density at radius 1 is 0.925 bits per heavy atom. The zero-order valence-electron chi connectivity index (χ0n) is 24.7. The molecule has 0 spiro atoms. The Bertz CT molecular complexity index is 1150. The highest BCUT2D eigenvalue weighted by Crippen LogP contribution is 2.35. The van der Waals surface area contributed by atoms with Gasteiger partial charge in [0.25, 0.3) is 0 Å². The van der Waals surface area contributed by atoms with E-state index in [1.807, 2.05) is 51.1 Å². The van der Waals surface area contributed by atoms with Crippen LogP contribution in [0.3, 0.4) is 0 Å². The van der Waals surface area contributed by atoms with E-state index in [1.165, 1.54) is 11.0 Å². The molecule has 3 N–H and O–H groups in total. The van der Waals surface area contributed by atoms with Crippen LogP contribution in [-0.2, 0) is 20.7 Å². The van der Waals surface area contributed by atoms with Crippen LogP contribution in [0.4, 0.5) is 4.79 Å². The Morgan fingerprint density at radius 3 is 2.10 bits per heavy atom. The number of rotatable bonds is 8. The van der Waals surface area contributed by atoms with Gasteiger partial charge in [0, 0.05) is 23.6 Å². The molecule has 1 aliphatic rings. The lowest BCUT2D eigenvalue weighted by Gasteiger charge is -2.43. The summed E-state index contributed by atoms with van der Waals surface area (Å²) in [4.78, 5) is 42.9. The number of benzene rings is 2. The number of phenols is 1. The summed E-state index contributed by atoms with van der Waals surface area (Å²) in [6.07, 6.45) is 4.43. The number of nitrogens with one attached hydrogen (secondary N) is 2. The van der Waals surface area contributed by atoms with Crippen molar-refractivity contribution in [2.45, 2.75) is 109 Å². The molecule has 3 amide bonds. The third kappa shape index (κ3) is 8.73. The topological polar surface area (TPSA) is 108 Å². The molecule has 0 bridgehead atoms. The summed E-state index contributed by atoms with van der Waals surface area (Å²) in [6, 6.07) is 13.9. The molecule has 1 fully saturated rings. The van der Waals surface area contributed by atoms with Crippen LogP contribution in [0.5, 0.6) is 5.75 Å². The number of hydrogen-bond acceptors (Lipinski definition) is 5. The molecule has 1 saturated carbocycles. The summed E-state index contributed by atoms with van der Waals surface area (Å²) in [5.74, 6) is -0.880. The number of carbonyl (C=O) groups is 3. The lowest BCUT2D eigenvalue weighted by atomic mass is 9.92. The van der Waals surface area contributed by atoms with Crippen LogP contribution in [0.2, 0.25) is 0 Å². The zero-order valence-corrected chi connectivity index (χ0v) is 24.7. The molecule has 0 aliphatic heterocycles. The third-order valence-electron chi connectivity index (χ3n) is 6.92. The van der Waals surface area contributed by atoms with Crippen LogP contribution in [0.1, 0.15) is 90.8 Å². The van der Waals surface area contributed by atoms with Gasteiger partial charge in [0.05, 0.1) is 0 Å². The highest BCUT2D eigenvalue weighted by atomic mass is 16.6. The van der Waals surface area contributed by atoms with E-state index < -0.39 is 35.2 Å². The molecule has 8 nitrogen and oxygen atoms in total. The van der Waals surface area contributed by atoms with Gasteiger partial charge >= 0.3 is 6.09 Å². The van der Waals surface area contributed by atoms with Gasteiger partial charge in [-0.15, -0.1) is 0 Å². The number of ether oxygens (including phenoxy) is 1. The first-order chi connectivity index (χ1) is 18.8. The van der Waals surface area contributed by atoms with Gasteiger partial charge in [-0.1, -0.05) is 67.8 Å². The van der Waals surface area contributed by atoms with E-state index in [2.05, 4.69) is 10.6 Å². The van der Waals surface area contributed by atoms with Crippen molar-refractivity contribution >= 4 is 17.9 Å². The average Bonchev–Trinajstić information content (AvgIpc) is 2.86. The Balaban J connectivity index is 2.05. The van der Waals surface area contributed by atoms with Gasteiger partial charge in [0.2, 0.25) is 11.8 Å². The van der Waals surface area contributed by atoms with Crippen molar-refractivity contribution in [2.75, 3.05) is 0 Å². The van der Waals surface area contributed by atoms with Crippen LogP contribution >= 0.6 is 0 Å². The third-order valence-corrected chi connectivity index (χ3v) is 6.92. The van der Waals surface area contributed by atoms with Crippen LogP contribution in [0.25, 0.3) is 0 Å². The van der Waals surface area contributed by atoms with Crippen LogP contribution < -0.4 is 10.6 Å². The minimum Gasteiger partial charge on any atom is -0.508 e. The normalized spacial score (nSPS) is 15.9. The van der Waals surface area contributed by atoms with E-state index in [0.29, 0.717) is 5.56 Å². The summed E-state index contributed by atoms with van der Waals surface area (Å²) in [7, 11) is 0. The lowest BCUT2D eigenvalue weighted by Crippen LogP contribution is -2.59. The number of amides is 3. The second-order valence-corrected chi connectivity index (χ2v) is 12.6. The molecule has 2 atom stereocenters. The van der Waals surface area contributed by atoms with Crippen LogP contribution in [0.15, 0.2) is 54.6 Å². The first-order valence-electron chi connectivity index (χ1n) is 14.2. The minimum atomic E-state index is -1.12. The summed E-state index contributed by atoms with van der Waals surface area (Å²) in [6.45, 7) is 10.8. The number of nitrogens with zero attached hydrogens (tertiary/aromatic N) is 1. The van der Waals surface area contributed by atoms with Gasteiger partial charge in [-0.3, -0.25) is 9.59 Å². The number of hydrogen-bond donors (Lipinski definition) is 3. The van der Waals surface area contributed by atoms with Crippen molar-refractivity contribution in [1.82, 2.24) is 15.5 Å². The fourth-order valence-corrected chi connectivity index (χ4v) is 5.16. The van der Waals surface area contributed by atoms with E-state index in [4.69, 9.17) is 4.74 Å². The van der Waals surface area contributed by atoms with Crippen molar-refractivity contribution in [3.05, 3.63) is 65.7 Å². The molecule has 2 unspecified atom stereocenters. The summed E-state index contributed by atoms with van der Waals surface area (Å²) < 4.78 is 5.49. The standard InChI is InChI=1S/C32H45N3O5/c1-31(2,3)35(27(24-19-13-14-20-26(24)36)28(37)33-23-17-11-8-12-18-23)29(38)25(21-22-15-9-7-10-16-22)34-30(39)40-32(4,5)6/h7,9-10,13-16,19-20,23,25,27,36H,8,11-12,17-18,21H2,1-6H3,(H,33,37)(H,34,39). The molecule has 8 heteroatoms. The monoisotopic (exact) mass is 551 g/mol. The van der Waals surface area contributed by atoms with Gasteiger partial charge in [0.15, 0.2) is 0 Å². The number of carbonyl (C=O) groups excluding carboxylic acids is 3. The van der Waals surface area contributed by atoms with Crippen molar-refractivity contribution in [2.24, 2.45) is 0 Å². The molecule has 0 aromatic heterocycles.